The molecule has 5 rings (SSSR count). The van der Waals surface area contributed by atoms with Gasteiger partial charge >= 0.3 is 5.97 Å². The smallest absolute Gasteiger partial charge is 0.335 e. The third-order valence-corrected chi connectivity index (χ3v) is 9.33. The van der Waals surface area contributed by atoms with Crippen molar-refractivity contribution >= 4 is 61.9 Å². The Kier molecular flexibility index (Phi) is 7.56. The number of hydrogen-bond donors (Lipinski definition) is 5. The highest BCUT2D eigenvalue weighted by Crippen LogP contribution is 2.39. The van der Waals surface area contributed by atoms with Gasteiger partial charge in [-0.25, -0.2) is 14.8 Å². The number of aromatic carboxylic acids is 1. The van der Waals surface area contributed by atoms with E-state index in [9.17, 15) is 20.1 Å². The lowest BCUT2D eigenvalue weighted by Gasteiger charge is -2.21. The fourth-order valence-electron chi connectivity index (χ4n) is 4.58. The van der Waals surface area contributed by atoms with Gasteiger partial charge in [-0.3, -0.25) is 0 Å². The number of halogens is 1. The number of hydrogen-bond acceptors (Lipinski definition) is 9. The molecule has 11 heteroatoms. The molecule has 5 N–H and O–H groups in total. The number of aliphatic hydroxyl groups excluding tert-OH is 2. The maximum atomic E-state index is 11.3. The highest BCUT2D eigenvalue weighted by Gasteiger charge is 2.41. The zero-order chi connectivity index (χ0) is 26.1. The van der Waals surface area contributed by atoms with Gasteiger partial charge in [0.15, 0.2) is 0 Å². The van der Waals surface area contributed by atoms with Crippen molar-refractivity contribution in [3.05, 3.63) is 65.4 Å². The summed E-state index contributed by atoms with van der Waals surface area (Å²) in [7, 11) is 0. The van der Waals surface area contributed by atoms with E-state index in [1.807, 2.05) is 37.3 Å². The van der Waals surface area contributed by atoms with Crippen LogP contribution in [-0.2, 0) is 6.54 Å². The molecule has 0 radical (unpaired) electrons. The van der Waals surface area contributed by atoms with Crippen LogP contribution in [0.2, 0.25) is 0 Å². The van der Waals surface area contributed by atoms with Crippen LogP contribution in [0.15, 0.2) is 48.5 Å². The summed E-state index contributed by atoms with van der Waals surface area (Å²) in [6.07, 6.45) is -0.0374. The van der Waals surface area contributed by atoms with Crippen molar-refractivity contribution in [3.63, 3.8) is 0 Å². The summed E-state index contributed by atoms with van der Waals surface area (Å²) in [5.41, 5.74) is 3.38. The molecule has 2 heterocycles. The maximum absolute atomic E-state index is 11.3. The Morgan fingerprint density at radius 2 is 1.97 bits per heavy atom. The fraction of sp³-hybridized carbons (Fsp3) is 0.308. The Hall–Kier alpha value is -2.87. The van der Waals surface area contributed by atoms with Crippen molar-refractivity contribution in [2.24, 2.45) is 5.92 Å². The van der Waals surface area contributed by atoms with Gasteiger partial charge in [-0.2, -0.15) is 4.98 Å². The zero-order valence-electron chi connectivity index (χ0n) is 19.9. The molecule has 0 saturated heterocycles. The van der Waals surface area contributed by atoms with Crippen LogP contribution in [0.5, 0.6) is 0 Å². The number of nitrogens with one attached hydrogen (secondary N) is 2. The molecule has 0 aliphatic heterocycles. The molecule has 1 saturated carbocycles. The average molecular weight is 631 g/mol. The summed E-state index contributed by atoms with van der Waals surface area (Å²) < 4.78 is 0.977. The first-order chi connectivity index (χ1) is 17.8. The second-order valence-corrected chi connectivity index (χ2v) is 11.5. The van der Waals surface area contributed by atoms with E-state index in [1.54, 1.807) is 29.5 Å². The molecule has 1 aliphatic rings. The summed E-state index contributed by atoms with van der Waals surface area (Å²) in [6, 6.07) is 14.3. The first kappa shape index (κ1) is 25.8. The van der Waals surface area contributed by atoms with Crippen LogP contribution in [0.4, 0.5) is 11.8 Å². The predicted octanol–water partition coefficient (Wildman–Crippen LogP) is 4.33. The molecule has 4 aromatic rings. The SMILES string of the molecule is Cc1nc(NCc2cccc(C(=O)O)c2)nc(N[C@@H]2C[C@H](CO)C(I)C2O)c1-c1nc2ccccc2s1. The van der Waals surface area contributed by atoms with Crippen molar-refractivity contribution in [1.82, 2.24) is 15.0 Å². The molecule has 0 spiro atoms. The maximum Gasteiger partial charge on any atom is 0.335 e. The largest absolute Gasteiger partial charge is 0.478 e. The summed E-state index contributed by atoms with van der Waals surface area (Å²) in [6.45, 7) is 2.25. The van der Waals surface area contributed by atoms with Crippen LogP contribution >= 0.6 is 33.9 Å². The Labute approximate surface area is 231 Å². The topological polar surface area (TPSA) is 140 Å². The number of thiazole rings is 1. The number of alkyl halides is 1. The molecule has 2 aromatic carbocycles. The van der Waals surface area contributed by atoms with Gasteiger partial charge in [0, 0.05) is 17.1 Å². The second-order valence-electron chi connectivity index (χ2n) is 9.07. The van der Waals surface area contributed by atoms with Gasteiger partial charge in [0.05, 0.1) is 39.2 Å². The number of nitrogens with zero attached hydrogens (tertiary/aromatic N) is 3. The summed E-state index contributed by atoms with van der Waals surface area (Å²) in [4.78, 5) is 25.6. The Balaban J connectivity index is 1.49. The number of aromatic nitrogens is 3. The van der Waals surface area contributed by atoms with Gasteiger partial charge in [-0.1, -0.05) is 46.9 Å². The fourth-order valence-corrected chi connectivity index (χ4v) is 6.66. The van der Waals surface area contributed by atoms with E-state index in [0.717, 1.165) is 32.0 Å². The summed E-state index contributed by atoms with van der Waals surface area (Å²) >= 11 is 3.75. The van der Waals surface area contributed by atoms with Gasteiger partial charge in [0.1, 0.15) is 10.8 Å². The van der Waals surface area contributed by atoms with Crippen LogP contribution in [0.25, 0.3) is 20.8 Å². The molecule has 0 amide bonds. The molecule has 2 unspecified atom stereocenters. The standard InChI is InChI=1S/C26H26IN5O4S/c1-13-20(24-31-17-7-2-3-8-19(17)37-24)23(30-18-10-16(12-33)21(27)22(18)34)32-26(29-13)28-11-14-5-4-6-15(9-14)25(35)36/h2-9,16,18,21-22,33-34H,10-12H2,1H3,(H,35,36)(H2,28,29,30,32)/t16-,18-,21?,22?/m1/s1. The van der Waals surface area contributed by atoms with Crippen LogP contribution < -0.4 is 10.6 Å². The van der Waals surface area contributed by atoms with Crippen molar-refractivity contribution in [3.8, 4) is 10.6 Å². The number of aliphatic hydroxyl groups is 2. The van der Waals surface area contributed by atoms with Gasteiger partial charge in [0.2, 0.25) is 5.95 Å². The third kappa shape index (κ3) is 5.40. The minimum atomic E-state index is -0.981. The molecule has 4 atom stereocenters. The molecule has 1 aliphatic carbocycles. The van der Waals surface area contributed by atoms with Crippen molar-refractivity contribution in [1.29, 1.82) is 0 Å². The molecule has 192 valence electrons. The van der Waals surface area contributed by atoms with E-state index in [4.69, 9.17) is 9.97 Å². The normalized spacial score (nSPS) is 21.3. The van der Waals surface area contributed by atoms with Gasteiger partial charge in [-0.05, 0) is 49.1 Å². The Morgan fingerprint density at radius 1 is 1.16 bits per heavy atom. The first-order valence-electron chi connectivity index (χ1n) is 11.8. The number of anilines is 2. The lowest BCUT2D eigenvalue weighted by Crippen LogP contribution is -2.33. The van der Waals surface area contributed by atoms with E-state index in [-0.39, 0.29) is 28.1 Å². The zero-order valence-corrected chi connectivity index (χ0v) is 22.9. The number of carbonyl (C=O) groups is 1. The molecule has 0 bridgehead atoms. The number of benzene rings is 2. The number of fused-ring (bicyclic) bond motifs is 1. The summed E-state index contributed by atoms with van der Waals surface area (Å²) in [5, 5.41) is 37.3. The van der Waals surface area contributed by atoms with Gasteiger partial charge in [0.25, 0.3) is 0 Å². The summed E-state index contributed by atoms with van der Waals surface area (Å²) in [5.74, 6) is -0.0612. The van der Waals surface area contributed by atoms with E-state index in [0.29, 0.717) is 24.7 Å². The number of para-hydroxylation sites is 1. The lowest BCUT2D eigenvalue weighted by atomic mass is 10.1. The van der Waals surface area contributed by atoms with E-state index in [2.05, 4.69) is 38.2 Å². The van der Waals surface area contributed by atoms with Crippen LogP contribution in [0.1, 0.15) is 28.0 Å². The van der Waals surface area contributed by atoms with Gasteiger partial charge < -0.3 is 26.0 Å². The molecular formula is C26H26IN5O4S. The number of carboxylic acid groups (broad SMARTS) is 1. The van der Waals surface area contributed by atoms with E-state index in [1.165, 1.54) is 0 Å². The average Bonchev–Trinajstić information content (AvgIpc) is 3.43. The third-order valence-electron chi connectivity index (χ3n) is 6.52. The monoisotopic (exact) mass is 631 g/mol. The van der Waals surface area contributed by atoms with E-state index >= 15 is 0 Å². The highest BCUT2D eigenvalue weighted by molar-refractivity contribution is 14.1. The number of carboxylic acids is 1. The Bertz CT molecular complexity index is 1410. The minimum absolute atomic E-state index is 0.0125. The lowest BCUT2D eigenvalue weighted by molar-refractivity contribution is 0.0696. The second kappa shape index (κ2) is 10.9. The van der Waals surface area contributed by atoms with Crippen LogP contribution in [0.3, 0.4) is 0 Å². The van der Waals surface area contributed by atoms with Crippen molar-refractivity contribution in [2.75, 3.05) is 17.2 Å². The van der Waals surface area contributed by atoms with Crippen LogP contribution in [0, 0.1) is 12.8 Å². The first-order valence-corrected chi connectivity index (χ1v) is 13.9. The van der Waals surface area contributed by atoms with Gasteiger partial charge in [-0.15, -0.1) is 11.3 Å². The Morgan fingerprint density at radius 3 is 2.70 bits per heavy atom. The molecule has 9 nitrogen and oxygen atoms in total. The minimum Gasteiger partial charge on any atom is -0.478 e. The van der Waals surface area contributed by atoms with Crippen molar-refractivity contribution < 1.29 is 20.1 Å². The number of aryl methyl sites for hydroxylation is 1. The number of rotatable bonds is 8. The van der Waals surface area contributed by atoms with E-state index < -0.39 is 12.1 Å². The molecule has 2 aromatic heterocycles. The highest BCUT2D eigenvalue weighted by atomic mass is 127. The quantitative estimate of drug-likeness (QED) is 0.142. The molecular weight excluding hydrogens is 605 g/mol. The van der Waals surface area contributed by atoms with Crippen molar-refractivity contribution in [2.45, 2.75) is 36.0 Å². The molecule has 37 heavy (non-hydrogen) atoms. The predicted molar refractivity (Wildman–Crippen MR) is 153 cm³/mol. The molecule has 1 fully saturated rings. The van der Waals surface area contributed by atoms with Crippen LogP contribution in [-0.4, -0.2) is 58.9 Å².